The first-order valence-corrected chi connectivity index (χ1v) is 11.2. The zero-order valence-corrected chi connectivity index (χ0v) is 17.8. The fraction of sp³-hybridized carbons (Fsp3) is 0.760. The van der Waals surface area contributed by atoms with Crippen molar-refractivity contribution in [3.8, 4) is 5.75 Å². The van der Waals surface area contributed by atoms with Gasteiger partial charge in [-0.15, -0.1) is 0 Å². The first kappa shape index (κ1) is 19.8. The maximum atomic E-state index is 9.79. The lowest BCUT2D eigenvalue weighted by Crippen LogP contribution is -2.50. The summed E-state index contributed by atoms with van der Waals surface area (Å²) in [6.45, 7) is 12.0. The van der Waals surface area contributed by atoms with E-state index in [-0.39, 0.29) is 0 Å². The Kier molecular flexibility index (Phi) is 5.75. The molecule has 0 saturated heterocycles. The van der Waals surface area contributed by atoms with Crippen molar-refractivity contribution < 1.29 is 5.11 Å². The van der Waals surface area contributed by atoms with E-state index in [0.29, 0.717) is 16.6 Å². The Morgan fingerprint density at radius 2 is 1.73 bits per heavy atom. The van der Waals surface area contributed by atoms with Gasteiger partial charge in [0.2, 0.25) is 0 Å². The van der Waals surface area contributed by atoms with E-state index in [9.17, 15) is 5.11 Å². The Morgan fingerprint density at radius 3 is 2.38 bits per heavy atom. The number of aromatic hydroxyl groups is 1. The monoisotopic (exact) mass is 356 g/mol. The molecule has 0 spiro atoms. The van der Waals surface area contributed by atoms with E-state index in [0.717, 1.165) is 24.2 Å². The van der Waals surface area contributed by atoms with Gasteiger partial charge in [0.05, 0.1) is 0 Å². The van der Waals surface area contributed by atoms with Crippen molar-refractivity contribution in [1.82, 2.24) is 0 Å². The van der Waals surface area contributed by atoms with E-state index in [1.807, 2.05) is 12.1 Å². The second kappa shape index (κ2) is 7.56. The molecule has 1 aromatic carbocycles. The molecule has 0 amide bonds. The van der Waals surface area contributed by atoms with Crippen LogP contribution in [0.25, 0.3) is 0 Å². The highest BCUT2D eigenvalue weighted by atomic mass is 16.3. The van der Waals surface area contributed by atoms with Gasteiger partial charge in [-0.3, -0.25) is 0 Å². The summed E-state index contributed by atoms with van der Waals surface area (Å²) in [5, 5.41) is 9.79. The molecule has 0 radical (unpaired) electrons. The highest BCUT2D eigenvalue weighted by Crippen LogP contribution is 2.64. The van der Waals surface area contributed by atoms with Crippen LogP contribution in [0.5, 0.6) is 5.75 Å². The topological polar surface area (TPSA) is 20.2 Å². The zero-order valence-electron chi connectivity index (χ0n) is 17.8. The van der Waals surface area contributed by atoms with Crippen molar-refractivity contribution in [1.29, 1.82) is 0 Å². The second-order valence-electron chi connectivity index (χ2n) is 9.85. The lowest BCUT2D eigenvalue weighted by atomic mass is 9.48. The summed E-state index contributed by atoms with van der Waals surface area (Å²) < 4.78 is 0. The first-order chi connectivity index (χ1) is 12.4. The summed E-state index contributed by atoms with van der Waals surface area (Å²) in [6, 6.07) is 6.14. The Balaban J connectivity index is 0.000000349. The predicted octanol–water partition coefficient (Wildman–Crippen LogP) is 7.26. The fourth-order valence-electron chi connectivity index (χ4n) is 6.57. The lowest BCUT2D eigenvalue weighted by Gasteiger charge is -2.56. The molecule has 0 heterocycles. The number of rotatable bonds is 2. The molecule has 0 bridgehead atoms. The summed E-state index contributed by atoms with van der Waals surface area (Å²) in [6.07, 6.45) is 12.1. The van der Waals surface area contributed by atoms with E-state index in [4.69, 9.17) is 0 Å². The highest BCUT2D eigenvalue weighted by Gasteiger charge is 2.57. The number of hydrogen-bond acceptors (Lipinski definition) is 1. The average Bonchev–Trinajstić information content (AvgIpc) is 2.91. The Hall–Kier alpha value is -0.980. The average molecular weight is 357 g/mol. The minimum absolute atomic E-state index is 0.343. The molecular weight excluding hydrogens is 316 g/mol. The molecule has 0 aromatic heterocycles. The van der Waals surface area contributed by atoms with Gasteiger partial charge in [-0.1, -0.05) is 59.9 Å². The molecule has 1 N–H and O–H groups in total. The molecule has 4 rings (SSSR count). The minimum atomic E-state index is 0.343. The fourth-order valence-corrected chi connectivity index (χ4v) is 6.57. The van der Waals surface area contributed by atoms with Gasteiger partial charge < -0.3 is 5.11 Å². The van der Waals surface area contributed by atoms with Crippen LogP contribution in [0.2, 0.25) is 0 Å². The zero-order chi connectivity index (χ0) is 18.9. The normalized spacial score (nSPS) is 37.8. The molecule has 3 aliphatic carbocycles. The number of fused-ring (bicyclic) bond motifs is 5. The van der Waals surface area contributed by atoms with E-state index >= 15 is 0 Å². The van der Waals surface area contributed by atoms with E-state index in [2.05, 4.69) is 40.7 Å². The van der Waals surface area contributed by atoms with Crippen molar-refractivity contribution in [3.05, 3.63) is 29.3 Å². The molecule has 4 unspecified atom stereocenters. The predicted molar refractivity (Wildman–Crippen MR) is 112 cm³/mol. The van der Waals surface area contributed by atoms with Crippen LogP contribution in [-0.4, -0.2) is 5.11 Å². The number of aryl methyl sites for hydroxylation is 1. The number of benzene rings is 1. The Labute approximate surface area is 161 Å². The largest absolute Gasteiger partial charge is 0.508 e. The van der Waals surface area contributed by atoms with Crippen LogP contribution >= 0.6 is 0 Å². The Bertz CT molecular complexity index is 619. The maximum Gasteiger partial charge on any atom is 0.115 e. The summed E-state index contributed by atoms with van der Waals surface area (Å²) in [5.74, 6) is 3.09. The van der Waals surface area contributed by atoms with Crippen molar-refractivity contribution >= 4 is 0 Å². The molecule has 3 aliphatic rings. The molecule has 1 heteroatoms. The second-order valence-corrected chi connectivity index (χ2v) is 9.85. The van der Waals surface area contributed by atoms with Crippen LogP contribution in [0.4, 0.5) is 0 Å². The standard InChI is InChI=1S/C20H28O.C5H12/c1-13-4-7-17-18-8-5-14-12-15(21)6-9-16(14)20(18,3)11-10-19(13,17)2;1-3-5-4-2/h6,9,12-13,17-18,21H,4-5,7-8,10-11H2,1-3H3;3-5H2,1-2H3/t13?,17?,18?,19?,20-;/m1./s1. The molecule has 146 valence electrons. The van der Waals surface area contributed by atoms with E-state index in [1.54, 1.807) is 0 Å². The third-order valence-corrected chi connectivity index (χ3v) is 8.51. The molecule has 2 fully saturated rings. The quantitative estimate of drug-likeness (QED) is 0.591. The van der Waals surface area contributed by atoms with Gasteiger partial charge in [-0.2, -0.15) is 0 Å². The van der Waals surface area contributed by atoms with Gasteiger partial charge in [0.1, 0.15) is 5.75 Å². The molecule has 5 atom stereocenters. The summed E-state index contributed by atoms with van der Waals surface area (Å²) in [7, 11) is 0. The van der Waals surface area contributed by atoms with Gasteiger partial charge in [0.25, 0.3) is 0 Å². The van der Waals surface area contributed by atoms with Gasteiger partial charge in [-0.05, 0) is 90.4 Å². The lowest BCUT2D eigenvalue weighted by molar-refractivity contribution is -0.00567. The van der Waals surface area contributed by atoms with Crippen LogP contribution in [-0.2, 0) is 11.8 Å². The molecule has 2 saturated carbocycles. The van der Waals surface area contributed by atoms with E-state index in [1.165, 1.54) is 62.5 Å². The van der Waals surface area contributed by atoms with Crippen LogP contribution < -0.4 is 0 Å². The van der Waals surface area contributed by atoms with Gasteiger partial charge in [0.15, 0.2) is 0 Å². The number of hydrogen-bond donors (Lipinski definition) is 1. The van der Waals surface area contributed by atoms with Gasteiger partial charge in [0, 0.05) is 0 Å². The SMILES string of the molecule is CC1CCC2C3CCc4cc(O)ccc4[C@@]3(C)CCC12C.CCCCC. The van der Waals surface area contributed by atoms with E-state index < -0.39 is 0 Å². The summed E-state index contributed by atoms with van der Waals surface area (Å²) >= 11 is 0. The minimum Gasteiger partial charge on any atom is -0.508 e. The first-order valence-electron chi connectivity index (χ1n) is 11.2. The van der Waals surface area contributed by atoms with Crippen molar-refractivity contribution in [2.24, 2.45) is 23.2 Å². The third-order valence-electron chi connectivity index (χ3n) is 8.51. The van der Waals surface area contributed by atoms with Gasteiger partial charge >= 0.3 is 0 Å². The third kappa shape index (κ3) is 3.20. The smallest absolute Gasteiger partial charge is 0.115 e. The van der Waals surface area contributed by atoms with Crippen molar-refractivity contribution in [2.45, 2.75) is 97.8 Å². The molecule has 1 aromatic rings. The van der Waals surface area contributed by atoms with Gasteiger partial charge in [-0.25, -0.2) is 0 Å². The molecule has 0 aliphatic heterocycles. The summed E-state index contributed by atoms with van der Waals surface area (Å²) in [4.78, 5) is 0. The summed E-state index contributed by atoms with van der Waals surface area (Å²) in [5.41, 5.74) is 3.87. The number of phenolic OH excluding ortho intramolecular Hbond substituents is 1. The highest BCUT2D eigenvalue weighted by molar-refractivity contribution is 5.43. The number of phenols is 1. The van der Waals surface area contributed by atoms with Crippen molar-refractivity contribution in [2.75, 3.05) is 0 Å². The number of unbranched alkanes of at least 4 members (excludes halogenated alkanes) is 2. The molecular formula is C25H40O. The van der Waals surface area contributed by atoms with Crippen LogP contribution in [0, 0.1) is 23.2 Å². The molecule has 26 heavy (non-hydrogen) atoms. The maximum absolute atomic E-state index is 9.79. The van der Waals surface area contributed by atoms with Crippen LogP contribution in [0.15, 0.2) is 18.2 Å². The van der Waals surface area contributed by atoms with Crippen LogP contribution in [0.1, 0.15) is 97.1 Å². The van der Waals surface area contributed by atoms with Crippen molar-refractivity contribution in [3.63, 3.8) is 0 Å². The Morgan fingerprint density at radius 1 is 1.00 bits per heavy atom. The van der Waals surface area contributed by atoms with Crippen LogP contribution in [0.3, 0.4) is 0 Å². The molecule has 1 nitrogen and oxygen atoms in total.